The number of benzene rings is 3. The van der Waals surface area contributed by atoms with Crippen molar-refractivity contribution in [3.8, 4) is 11.1 Å². The highest BCUT2D eigenvalue weighted by atomic mass is 35.5. The molecule has 146 valence electrons. The zero-order valence-corrected chi connectivity index (χ0v) is 17.0. The summed E-state index contributed by atoms with van der Waals surface area (Å²) in [6.45, 7) is 0.278. The van der Waals surface area contributed by atoms with Gasteiger partial charge in [0, 0.05) is 11.1 Å². The van der Waals surface area contributed by atoms with Crippen LogP contribution in [0.15, 0.2) is 78.9 Å². The van der Waals surface area contributed by atoms with Gasteiger partial charge in [-0.3, -0.25) is 4.79 Å². The highest BCUT2D eigenvalue weighted by molar-refractivity contribution is 6.30. The lowest BCUT2D eigenvalue weighted by atomic mass is 10.00. The maximum absolute atomic E-state index is 12.0. The number of nitrogens with two attached hydrogens (primary N) is 1. The standard InChI is InChI=1S/C23H22ClNO2.ClH/c24-21-8-4-7-20(14-21)19-11-9-17(10-12-19)13-22(25)15-23(26)27-16-18-5-2-1-3-6-18;/h1-12,14,22H,13,15-16,25H2;1H/t22-;/m1./s1. The number of hydrogen-bond acceptors (Lipinski definition) is 3. The molecule has 3 aromatic carbocycles. The minimum Gasteiger partial charge on any atom is -0.461 e. The van der Waals surface area contributed by atoms with Crippen LogP contribution in [0.1, 0.15) is 17.5 Å². The average Bonchev–Trinajstić information content (AvgIpc) is 2.68. The molecule has 28 heavy (non-hydrogen) atoms. The van der Waals surface area contributed by atoms with Crippen molar-refractivity contribution in [1.82, 2.24) is 0 Å². The molecule has 0 radical (unpaired) electrons. The summed E-state index contributed by atoms with van der Waals surface area (Å²) in [5.41, 5.74) is 10.3. The maximum atomic E-state index is 12.0. The molecule has 3 rings (SSSR count). The van der Waals surface area contributed by atoms with Crippen molar-refractivity contribution in [2.24, 2.45) is 5.73 Å². The molecular weight excluding hydrogens is 393 g/mol. The molecule has 0 fully saturated rings. The van der Waals surface area contributed by atoms with Crippen LogP contribution in [0, 0.1) is 0 Å². The van der Waals surface area contributed by atoms with Crippen LogP contribution in [0.3, 0.4) is 0 Å². The highest BCUT2D eigenvalue weighted by Crippen LogP contribution is 2.23. The van der Waals surface area contributed by atoms with E-state index in [1.165, 1.54) is 0 Å². The van der Waals surface area contributed by atoms with Crippen LogP contribution in [0.5, 0.6) is 0 Å². The third-order valence-corrected chi connectivity index (χ3v) is 4.52. The second-order valence-corrected chi connectivity index (χ2v) is 6.96. The fourth-order valence-electron chi connectivity index (χ4n) is 2.89. The van der Waals surface area contributed by atoms with Crippen molar-refractivity contribution in [3.05, 3.63) is 95.0 Å². The predicted molar refractivity (Wildman–Crippen MR) is 117 cm³/mol. The van der Waals surface area contributed by atoms with E-state index in [-0.39, 0.29) is 37.4 Å². The Bertz CT molecular complexity index is 883. The van der Waals surface area contributed by atoms with Gasteiger partial charge in [-0.15, -0.1) is 12.4 Å². The predicted octanol–water partition coefficient (Wildman–Crippen LogP) is 5.43. The summed E-state index contributed by atoms with van der Waals surface area (Å²) in [7, 11) is 0. The second kappa shape index (κ2) is 10.9. The molecule has 0 spiro atoms. The van der Waals surface area contributed by atoms with Crippen LogP contribution in [-0.4, -0.2) is 12.0 Å². The summed E-state index contributed by atoms with van der Waals surface area (Å²) < 4.78 is 5.29. The van der Waals surface area contributed by atoms with Gasteiger partial charge in [0.2, 0.25) is 0 Å². The fourth-order valence-corrected chi connectivity index (χ4v) is 3.08. The monoisotopic (exact) mass is 415 g/mol. The Balaban J connectivity index is 0.00000280. The Morgan fingerprint density at radius 3 is 2.29 bits per heavy atom. The summed E-state index contributed by atoms with van der Waals surface area (Å²) in [6, 6.07) is 25.2. The molecule has 0 aliphatic heterocycles. The third kappa shape index (κ3) is 6.68. The van der Waals surface area contributed by atoms with Gasteiger partial charge in [-0.05, 0) is 40.8 Å². The van der Waals surface area contributed by atoms with Gasteiger partial charge in [0.15, 0.2) is 0 Å². The average molecular weight is 416 g/mol. The SMILES string of the molecule is Cl.N[C@@H](CC(=O)OCc1ccccc1)Cc1ccc(-c2cccc(Cl)c2)cc1. The number of ether oxygens (including phenoxy) is 1. The Labute approximate surface area is 176 Å². The number of rotatable bonds is 7. The highest BCUT2D eigenvalue weighted by Gasteiger charge is 2.12. The number of carbonyl (C=O) groups excluding carboxylic acids is 1. The van der Waals surface area contributed by atoms with Crippen LogP contribution < -0.4 is 5.73 Å². The van der Waals surface area contributed by atoms with Gasteiger partial charge in [0.05, 0.1) is 6.42 Å². The first-order chi connectivity index (χ1) is 13.1. The van der Waals surface area contributed by atoms with Crippen molar-refractivity contribution in [3.63, 3.8) is 0 Å². The van der Waals surface area contributed by atoms with Gasteiger partial charge >= 0.3 is 5.97 Å². The van der Waals surface area contributed by atoms with Gasteiger partial charge in [0.1, 0.15) is 6.61 Å². The molecule has 3 aromatic rings. The van der Waals surface area contributed by atoms with E-state index in [1.807, 2.05) is 78.9 Å². The Morgan fingerprint density at radius 1 is 0.893 bits per heavy atom. The van der Waals surface area contributed by atoms with Crippen molar-refractivity contribution < 1.29 is 9.53 Å². The number of carbonyl (C=O) groups is 1. The molecule has 0 heterocycles. The summed E-state index contributed by atoms with van der Waals surface area (Å²) in [4.78, 5) is 12.0. The zero-order chi connectivity index (χ0) is 19.1. The van der Waals surface area contributed by atoms with E-state index in [0.717, 1.165) is 22.3 Å². The van der Waals surface area contributed by atoms with Gasteiger partial charge < -0.3 is 10.5 Å². The summed E-state index contributed by atoms with van der Waals surface area (Å²) >= 11 is 6.05. The Kier molecular flexibility index (Phi) is 8.52. The first-order valence-corrected chi connectivity index (χ1v) is 9.28. The van der Waals surface area contributed by atoms with Gasteiger partial charge in [-0.25, -0.2) is 0 Å². The Morgan fingerprint density at radius 2 is 1.61 bits per heavy atom. The molecule has 0 aliphatic carbocycles. The van der Waals surface area contributed by atoms with Crippen LogP contribution in [0.2, 0.25) is 5.02 Å². The quantitative estimate of drug-likeness (QED) is 0.523. The minimum atomic E-state index is -0.276. The molecule has 2 N–H and O–H groups in total. The maximum Gasteiger partial charge on any atom is 0.307 e. The Hall–Kier alpha value is -2.33. The first-order valence-electron chi connectivity index (χ1n) is 8.90. The molecule has 0 saturated carbocycles. The third-order valence-electron chi connectivity index (χ3n) is 4.28. The van der Waals surface area contributed by atoms with Crippen LogP contribution in [-0.2, 0) is 22.6 Å². The lowest BCUT2D eigenvalue weighted by Crippen LogP contribution is -2.27. The number of halogens is 2. The number of hydrogen-bond donors (Lipinski definition) is 1. The molecule has 0 bridgehead atoms. The molecule has 0 aliphatic rings. The van der Waals surface area contributed by atoms with Crippen LogP contribution in [0.25, 0.3) is 11.1 Å². The zero-order valence-electron chi connectivity index (χ0n) is 15.4. The molecule has 0 saturated heterocycles. The second-order valence-electron chi connectivity index (χ2n) is 6.52. The smallest absolute Gasteiger partial charge is 0.307 e. The molecule has 3 nitrogen and oxygen atoms in total. The fraction of sp³-hybridized carbons (Fsp3) is 0.174. The summed E-state index contributed by atoms with van der Waals surface area (Å²) in [5.74, 6) is -0.276. The van der Waals surface area contributed by atoms with E-state index in [4.69, 9.17) is 22.1 Å². The van der Waals surface area contributed by atoms with E-state index in [1.54, 1.807) is 0 Å². The van der Waals surface area contributed by atoms with E-state index in [9.17, 15) is 4.79 Å². The topological polar surface area (TPSA) is 52.3 Å². The largest absolute Gasteiger partial charge is 0.461 e. The van der Waals surface area contributed by atoms with Crippen LogP contribution >= 0.6 is 24.0 Å². The van der Waals surface area contributed by atoms with Gasteiger partial charge in [0.25, 0.3) is 0 Å². The molecule has 5 heteroatoms. The van der Waals surface area contributed by atoms with Gasteiger partial charge in [-0.2, -0.15) is 0 Å². The van der Waals surface area contributed by atoms with Crippen molar-refractivity contribution in [1.29, 1.82) is 0 Å². The minimum absolute atomic E-state index is 0. The summed E-state index contributed by atoms with van der Waals surface area (Å²) in [6.07, 6.45) is 0.819. The first kappa shape index (κ1) is 22.0. The molecule has 0 unspecified atom stereocenters. The van der Waals surface area contributed by atoms with Crippen molar-refractivity contribution in [2.45, 2.75) is 25.5 Å². The lowest BCUT2D eigenvalue weighted by molar-refractivity contribution is -0.145. The van der Waals surface area contributed by atoms with Crippen molar-refractivity contribution in [2.75, 3.05) is 0 Å². The van der Waals surface area contributed by atoms with Gasteiger partial charge in [-0.1, -0.05) is 78.3 Å². The van der Waals surface area contributed by atoms with Crippen LogP contribution in [0.4, 0.5) is 0 Å². The normalized spacial score (nSPS) is 11.4. The number of esters is 1. The van der Waals surface area contributed by atoms with E-state index in [0.29, 0.717) is 11.4 Å². The van der Waals surface area contributed by atoms with Crippen molar-refractivity contribution >= 4 is 30.0 Å². The lowest BCUT2D eigenvalue weighted by Gasteiger charge is -2.12. The molecular formula is C23H23Cl2NO2. The summed E-state index contributed by atoms with van der Waals surface area (Å²) in [5, 5.41) is 0.715. The van der Waals surface area contributed by atoms with E-state index in [2.05, 4.69) is 0 Å². The molecule has 0 amide bonds. The van der Waals surface area contributed by atoms with E-state index < -0.39 is 0 Å². The molecule has 0 aromatic heterocycles. The van der Waals surface area contributed by atoms with E-state index >= 15 is 0 Å². The molecule has 1 atom stereocenters.